The highest BCUT2D eigenvalue weighted by atomic mass is 35.5. The highest BCUT2D eigenvalue weighted by Crippen LogP contribution is 2.28. The lowest BCUT2D eigenvalue weighted by Crippen LogP contribution is -2.40. The van der Waals surface area contributed by atoms with E-state index >= 15 is 0 Å². The van der Waals surface area contributed by atoms with Gasteiger partial charge in [0.15, 0.2) is 0 Å². The van der Waals surface area contributed by atoms with E-state index in [2.05, 4.69) is 19.1 Å². The topological polar surface area (TPSA) is 55.5 Å². The second kappa shape index (κ2) is 9.23. The lowest BCUT2D eigenvalue weighted by Gasteiger charge is -2.21. The van der Waals surface area contributed by atoms with E-state index in [0.717, 1.165) is 49.2 Å². The fraction of sp³-hybridized carbons (Fsp3) is 0.429. The second-order valence-corrected chi connectivity index (χ2v) is 7.33. The number of aliphatic hydroxyl groups is 1. The number of aryl methyl sites for hydroxylation is 2. The molecule has 0 aliphatic carbocycles. The Hall–Kier alpha value is -1.55. The van der Waals surface area contributed by atoms with Crippen LogP contribution in [0.25, 0.3) is 0 Å². The van der Waals surface area contributed by atoms with Gasteiger partial charge in [-0.1, -0.05) is 43.1 Å². The van der Waals surface area contributed by atoms with Crippen LogP contribution in [-0.4, -0.2) is 17.3 Å². The first-order valence-electron chi connectivity index (χ1n) is 8.88. The zero-order valence-electron chi connectivity index (χ0n) is 15.1. The minimum Gasteiger partial charge on any atom is -0.457 e. The summed E-state index contributed by atoms with van der Waals surface area (Å²) in [4.78, 5) is 0. The molecule has 0 fully saturated rings. The van der Waals surface area contributed by atoms with Crippen LogP contribution in [-0.2, 0) is 12.8 Å². The SMILES string of the molecule is CCCc1cccc(Oc2ccc(CCC[C@@](C)(N)CO)c(Cl)c2)c1. The van der Waals surface area contributed by atoms with E-state index in [1.165, 1.54) is 5.56 Å². The largest absolute Gasteiger partial charge is 0.457 e. The van der Waals surface area contributed by atoms with E-state index in [-0.39, 0.29) is 6.61 Å². The molecular formula is C21H28ClNO2. The second-order valence-electron chi connectivity index (χ2n) is 6.92. The molecule has 2 aromatic rings. The molecule has 0 aliphatic heterocycles. The van der Waals surface area contributed by atoms with Crippen LogP contribution in [0.2, 0.25) is 5.02 Å². The third-order valence-corrected chi connectivity index (χ3v) is 4.60. The van der Waals surface area contributed by atoms with Crippen molar-refractivity contribution in [1.82, 2.24) is 0 Å². The van der Waals surface area contributed by atoms with Gasteiger partial charge in [0.05, 0.1) is 6.61 Å². The molecule has 0 heterocycles. The molecule has 1 atom stereocenters. The van der Waals surface area contributed by atoms with Crippen molar-refractivity contribution in [3.8, 4) is 11.5 Å². The molecule has 0 unspecified atom stereocenters. The lowest BCUT2D eigenvalue weighted by atomic mass is 9.95. The predicted octanol–water partition coefficient (Wildman–Crippen LogP) is 5.12. The van der Waals surface area contributed by atoms with Crippen molar-refractivity contribution in [3.05, 3.63) is 58.6 Å². The first kappa shape index (κ1) is 19.8. The number of hydrogen-bond acceptors (Lipinski definition) is 3. The fourth-order valence-electron chi connectivity index (χ4n) is 2.75. The van der Waals surface area contributed by atoms with Crippen molar-refractivity contribution in [2.75, 3.05) is 6.61 Å². The normalized spacial score (nSPS) is 13.5. The summed E-state index contributed by atoms with van der Waals surface area (Å²) in [6.45, 7) is 4.02. The smallest absolute Gasteiger partial charge is 0.128 e. The summed E-state index contributed by atoms with van der Waals surface area (Å²) in [5.74, 6) is 1.57. The van der Waals surface area contributed by atoms with Crippen molar-refractivity contribution in [2.45, 2.75) is 51.5 Å². The Morgan fingerprint density at radius 3 is 2.56 bits per heavy atom. The zero-order valence-corrected chi connectivity index (χ0v) is 15.9. The molecule has 0 saturated heterocycles. The summed E-state index contributed by atoms with van der Waals surface area (Å²) < 4.78 is 5.94. The summed E-state index contributed by atoms with van der Waals surface area (Å²) in [5, 5.41) is 9.91. The molecule has 0 radical (unpaired) electrons. The lowest BCUT2D eigenvalue weighted by molar-refractivity contribution is 0.198. The Bertz CT molecular complexity index is 685. The summed E-state index contributed by atoms with van der Waals surface area (Å²) in [6, 6.07) is 14.0. The van der Waals surface area contributed by atoms with E-state index in [1.54, 1.807) is 0 Å². The van der Waals surface area contributed by atoms with Crippen molar-refractivity contribution in [1.29, 1.82) is 0 Å². The Balaban J connectivity index is 1.98. The Kier molecular flexibility index (Phi) is 7.30. The van der Waals surface area contributed by atoms with Crippen LogP contribution in [0.1, 0.15) is 44.2 Å². The number of benzene rings is 2. The quantitative estimate of drug-likeness (QED) is 0.651. The standard InChI is InChI=1S/C21H28ClNO2/c1-3-6-16-7-4-9-18(13-16)25-19-11-10-17(20(22)14-19)8-5-12-21(2,23)15-24/h4,7,9-11,13-14,24H,3,5-6,8,12,15,23H2,1-2H3/t21-/m1/s1. The van der Waals surface area contributed by atoms with Gasteiger partial charge in [0, 0.05) is 10.6 Å². The minimum atomic E-state index is -0.529. The van der Waals surface area contributed by atoms with Gasteiger partial charge in [-0.15, -0.1) is 0 Å². The minimum absolute atomic E-state index is 0.00932. The maximum Gasteiger partial charge on any atom is 0.128 e. The number of rotatable bonds is 9. The van der Waals surface area contributed by atoms with E-state index in [9.17, 15) is 5.11 Å². The van der Waals surface area contributed by atoms with Crippen LogP contribution in [0.5, 0.6) is 11.5 Å². The molecule has 0 aliphatic rings. The third kappa shape index (κ3) is 6.35. The molecule has 25 heavy (non-hydrogen) atoms. The molecule has 2 rings (SSSR count). The van der Waals surface area contributed by atoms with Gasteiger partial charge in [-0.3, -0.25) is 0 Å². The molecule has 0 saturated carbocycles. The van der Waals surface area contributed by atoms with Gasteiger partial charge in [0.25, 0.3) is 0 Å². The number of ether oxygens (including phenoxy) is 1. The van der Waals surface area contributed by atoms with Gasteiger partial charge < -0.3 is 15.6 Å². The molecular weight excluding hydrogens is 334 g/mol. The maximum atomic E-state index is 9.21. The highest BCUT2D eigenvalue weighted by Gasteiger charge is 2.16. The highest BCUT2D eigenvalue weighted by molar-refractivity contribution is 6.31. The molecule has 4 heteroatoms. The third-order valence-electron chi connectivity index (χ3n) is 4.25. The van der Waals surface area contributed by atoms with E-state index in [4.69, 9.17) is 22.1 Å². The summed E-state index contributed by atoms with van der Waals surface area (Å²) in [5.41, 5.74) is 7.78. The van der Waals surface area contributed by atoms with Gasteiger partial charge >= 0.3 is 0 Å². The van der Waals surface area contributed by atoms with Gasteiger partial charge in [-0.05, 0) is 68.0 Å². The summed E-state index contributed by atoms with van der Waals surface area (Å²) in [6.07, 6.45) is 4.62. The fourth-order valence-corrected chi connectivity index (χ4v) is 3.01. The molecule has 0 bridgehead atoms. The summed E-state index contributed by atoms with van der Waals surface area (Å²) in [7, 11) is 0. The Morgan fingerprint density at radius 1 is 1.12 bits per heavy atom. The van der Waals surface area contributed by atoms with Crippen LogP contribution in [0.3, 0.4) is 0 Å². The van der Waals surface area contributed by atoms with E-state index < -0.39 is 5.54 Å². The van der Waals surface area contributed by atoms with Crippen LogP contribution in [0.15, 0.2) is 42.5 Å². The van der Waals surface area contributed by atoms with Gasteiger partial charge in [-0.25, -0.2) is 0 Å². The van der Waals surface area contributed by atoms with Crippen molar-refractivity contribution in [2.24, 2.45) is 5.73 Å². The first-order valence-corrected chi connectivity index (χ1v) is 9.26. The van der Waals surface area contributed by atoms with E-state index in [0.29, 0.717) is 5.02 Å². The number of hydrogen-bond donors (Lipinski definition) is 2. The molecule has 3 N–H and O–H groups in total. The van der Waals surface area contributed by atoms with Crippen molar-refractivity contribution < 1.29 is 9.84 Å². The average Bonchev–Trinajstić information content (AvgIpc) is 2.57. The zero-order chi connectivity index (χ0) is 18.3. The molecule has 2 aromatic carbocycles. The number of aliphatic hydroxyl groups excluding tert-OH is 1. The van der Waals surface area contributed by atoms with Gasteiger partial charge in [0.1, 0.15) is 11.5 Å². The number of halogens is 1. The summed E-state index contributed by atoms with van der Waals surface area (Å²) >= 11 is 6.40. The van der Waals surface area contributed by atoms with Crippen LogP contribution < -0.4 is 10.5 Å². The molecule has 0 amide bonds. The van der Waals surface area contributed by atoms with E-state index in [1.807, 2.05) is 37.3 Å². The van der Waals surface area contributed by atoms with Gasteiger partial charge in [-0.2, -0.15) is 0 Å². The van der Waals surface area contributed by atoms with Gasteiger partial charge in [0.2, 0.25) is 0 Å². The predicted molar refractivity (Wildman–Crippen MR) is 105 cm³/mol. The maximum absolute atomic E-state index is 9.21. The van der Waals surface area contributed by atoms with Crippen molar-refractivity contribution >= 4 is 11.6 Å². The molecule has 0 aromatic heterocycles. The van der Waals surface area contributed by atoms with Crippen LogP contribution >= 0.6 is 11.6 Å². The molecule has 3 nitrogen and oxygen atoms in total. The Morgan fingerprint density at radius 2 is 1.88 bits per heavy atom. The van der Waals surface area contributed by atoms with Crippen LogP contribution in [0.4, 0.5) is 0 Å². The number of nitrogens with two attached hydrogens (primary N) is 1. The Labute approximate surface area is 155 Å². The molecule has 0 spiro atoms. The first-order chi connectivity index (χ1) is 11.9. The monoisotopic (exact) mass is 361 g/mol. The average molecular weight is 362 g/mol. The van der Waals surface area contributed by atoms with Crippen molar-refractivity contribution in [3.63, 3.8) is 0 Å². The van der Waals surface area contributed by atoms with Crippen LogP contribution in [0, 0.1) is 0 Å². The molecule has 136 valence electrons.